The molecule has 0 fully saturated rings. The number of rotatable bonds is 39. The first-order chi connectivity index (χ1) is 29.4. The molecule has 14 heteroatoms. The van der Waals surface area contributed by atoms with Crippen molar-refractivity contribution in [2.24, 2.45) is 0 Å². The van der Waals surface area contributed by atoms with Gasteiger partial charge in [-0.25, -0.2) is 0 Å². The molecule has 0 atom stereocenters. The van der Waals surface area contributed by atoms with Gasteiger partial charge in [0.2, 0.25) is 0 Å². The average Bonchev–Trinajstić information content (AvgIpc) is 3.25. The maximum absolute atomic E-state index is 12.6. The number of unbranched alkanes of at least 4 members (excludes halogenated alkanes) is 24. The summed E-state index contributed by atoms with van der Waals surface area (Å²) in [5.74, 6) is -1.70. The quantitative estimate of drug-likeness (QED) is 0.0174. The summed E-state index contributed by atoms with van der Waals surface area (Å²) in [4.78, 5) is 46.3. The molecule has 0 aromatic heterocycles. The van der Waals surface area contributed by atoms with Crippen LogP contribution in [-0.2, 0) is 33.4 Å². The lowest BCUT2D eigenvalue weighted by Gasteiger charge is -2.18. The van der Waals surface area contributed by atoms with Gasteiger partial charge in [0.25, 0.3) is 5.97 Å². The number of aliphatic hydroxyl groups excluding tert-OH is 6. The highest BCUT2D eigenvalue weighted by atomic mass is 16.6. The molecule has 0 saturated heterocycles. The summed E-state index contributed by atoms with van der Waals surface area (Å²) in [6.45, 7) is 6.19. The van der Waals surface area contributed by atoms with Crippen molar-refractivity contribution in [1.29, 1.82) is 0 Å². The van der Waals surface area contributed by atoms with Crippen LogP contribution in [0.5, 0.6) is 0 Å². The zero-order valence-corrected chi connectivity index (χ0v) is 39.2. The molecule has 7 N–H and O–H groups in total. The summed E-state index contributed by atoms with van der Waals surface area (Å²) in [6, 6.07) is 0. The van der Waals surface area contributed by atoms with Gasteiger partial charge in [0, 0.05) is 26.2 Å². The summed E-state index contributed by atoms with van der Waals surface area (Å²) in [6.07, 6.45) is 30.4. The SMILES string of the molecule is CC(=O)O.CCCCCCCCCCCC(=O)OCC(COC(=O)CCCCCCCCCCC)OC(=O)CCCCCCCCCCC.OCC(O)CO.OCC(O)CO. The highest BCUT2D eigenvalue weighted by molar-refractivity contribution is 5.71. The molecule has 0 aliphatic rings. The van der Waals surface area contributed by atoms with Crippen molar-refractivity contribution in [2.75, 3.05) is 39.6 Å². The van der Waals surface area contributed by atoms with Gasteiger partial charge in [-0.1, -0.05) is 175 Å². The van der Waals surface area contributed by atoms with E-state index in [1.807, 2.05) is 0 Å². The Morgan fingerprint density at radius 1 is 0.393 bits per heavy atom. The van der Waals surface area contributed by atoms with Crippen molar-refractivity contribution in [2.45, 2.75) is 239 Å². The Hall–Kier alpha value is -2.36. The number of hydrogen-bond acceptors (Lipinski definition) is 13. The average molecular weight is 883 g/mol. The molecule has 0 amide bonds. The smallest absolute Gasteiger partial charge is 0.306 e. The van der Waals surface area contributed by atoms with Crippen LogP contribution in [0.25, 0.3) is 0 Å². The lowest BCUT2D eigenvalue weighted by Crippen LogP contribution is -2.30. The van der Waals surface area contributed by atoms with Gasteiger partial charge < -0.3 is 50.0 Å². The third-order valence-electron chi connectivity index (χ3n) is 9.45. The van der Waals surface area contributed by atoms with E-state index in [0.29, 0.717) is 19.3 Å². The number of carboxylic acid groups (broad SMARTS) is 1. The number of carbonyl (C=O) groups excluding carboxylic acids is 3. The fourth-order valence-corrected chi connectivity index (χ4v) is 5.73. The topological polar surface area (TPSA) is 238 Å². The Kier molecular flexibility index (Phi) is 59.5. The molecule has 0 radical (unpaired) electrons. The standard InChI is InChI=1S/C39H74O6.2C3H8O3.C2H4O2/c1-4-7-10-13-16-19-22-25-28-31-37(40)43-34-36(45-39(42)33-30-27-24-21-18-15-12-9-6-3)35-44-38(41)32-29-26-23-20-17-14-11-8-5-2;2*4-1-3(6)2-5;1-2(3)4/h36H,4-35H2,1-3H3;2*3-6H,1-2H2;1H3,(H,3,4). The Balaban J connectivity index is -0.000000851. The Labute approximate surface area is 370 Å². The predicted octanol–water partition coefficient (Wildman–Crippen LogP) is 8.50. The Morgan fingerprint density at radius 2 is 0.607 bits per heavy atom. The lowest BCUT2D eigenvalue weighted by atomic mass is 10.1. The van der Waals surface area contributed by atoms with Crippen LogP contribution in [0.3, 0.4) is 0 Å². The second-order valence-electron chi connectivity index (χ2n) is 15.8. The molecule has 0 saturated carbocycles. The molecule has 0 spiro atoms. The van der Waals surface area contributed by atoms with Gasteiger partial charge in [0.05, 0.1) is 26.4 Å². The number of esters is 3. The summed E-state index contributed by atoms with van der Waals surface area (Å²) in [5.41, 5.74) is 0. The Bertz CT molecular complexity index is 860. The zero-order valence-electron chi connectivity index (χ0n) is 39.2. The van der Waals surface area contributed by atoms with Crippen molar-refractivity contribution in [3.63, 3.8) is 0 Å². The van der Waals surface area contributed by atoms with E-state index in [1.54, 1.807) is 0 Å². The highest BCUT2D eigenvalue weighted by Gasteiger charge is 2.19. The van der Waals surface area contributed by atoms with Gasteiger partial charge in [-0.05, 0) is 19.3 Å². The van der Waals surface area contributed by atoms with E-state index in [2.05, 4.69) is 20.8 Å². The lowest BCUT2D eigenvalue weighted by molar-refractivity contribution is -0.167. The van der Waals surface area contributed by atoms with Gasteiger partial charge in [0.15, 0.2) is 6.10 Å². The van der Waals surface area contributed by atoms with Crippen LogP contribution in [0.1, 0.15) is 220 Å². The third kappa shape index (κ3) is 64.4. The van der Waals surface area contributed by atoms with Crippen molar-refractivity contribution in [1.82, 2.24) is 0 Å². The third-order valence-corrected chi connectivity index (χ3v) is 9.45. The van der Waals surface area contributed by atoms with Gasteiger partial charge >= 0.3 is 17.9 Å². The first kappa shape index (κ1) is 65.3. The van der Waals surface area contributed by atoms with Gasteiger partial charge in [-0.2, -0.15) is 0 Å². The van der Waals surface area contributed by atoms with E-state index in [9.17, 15) is 14.4 Å². The van der Waals surface area contributed by atoms with E-state index >= 15 is 0 Å². The second-order valence-corrected chi connectivity index (χ2v) is 15.8. The van der Waals surface area contributed by atoms with E-state index in [0.717, 1.165) is 64.7 Å². The van der Waals surface area contributed by atoms with Gasteiger partial charge in [-0.15, -0.1) is 0 Å². The molecule has 14 nitrogen and oxygen atoms in total. The normalized spacial score (nSPS) is 10.6. The van der Waals surface area contributed by atoms with E-state index in [-0.39, 0.29) is 57.5 Å². The minimum absolute atomic E-state index is 0.0644. The van der Waals surface area contributed by atoms with Crippen LogP contribution in [0, 0.1) is 0 Å². The van der Waals surface area contributed by atoms with E-state index in [4.69, 9.17) is 54.8 Å². The number of carboxylic acids is 1. The molecule has 0 heterocycles. The van der Waals surface area contributed by atoms with Crippen LogP contribution >= 0.6 is 0 Å². The van der Waals surface area contributed by atoms with E-state index in [1.165, 1.54) is 116 Å². The number of aliphatic hydroxyl groups is 6. The fraction of sp³-hybridized carbons (Fsp3) is 0.915. The van der Waals surface area contributed by atoms with Crippen molar-refractivity contribution in [3.05, 3.63) is 0 Å². The minimum Gasteiger partial charge on any atom is -0.481 e. The molecule has 0 aliphatic heterocycles. The van der Waals surface area contributed by atoms with Gasteiger partial charge in [0.1, 0.15) is 25.4 Å². The van der Waals surface area contributed by atoms with Crippen molar-refractivity contribution < 1.29 is 69.1 Å². The predicted molar refractivity (Wildman–Crippen MR) is 241 cm³/mol. The van der Waals surface area contributed by atoms with Crippen LogP contribution in [0.4, 0.5) is 0 Å². The van der Waals surface area contributed by atoms with E-state index < -0.39 is 24.3 Å². The molecular formula is C47H94O14. The minimum atomic E-state index is -0.954. The summed E-state index contributed by atoms with van der Waals surface area (Å²) in [7, 11) is 0. The summed E-state index contributed by atoms with van der Waals surface area (Å²) < 4.78 is 16.5. The molecule has 0 bridgehead atoms. The fourth-order valence-electron chi connectivity index (χ4n) is 5.73. The van der Waals surface area contributed by atoms with Crippen molar-refractivity contribution >= 4 is 23.9 Å². The number of ether oxygens (including phenoxy) is 3. The van der Waals surface area contributed by atoms with Crippen molar-refractivity contribution in [3.8, 4) is 0 Å². The molecule has 0 aliphatic carbocycles. The molecule has 0 rings (SSSR count). The zero-order chi connectivity index (χ0) is 46.6. The molecule has 0 unspecified atom stereocenters. The molecule has 0 aromatic rings. The van der Waals surface area contributed by atoms with Crippen LogP contribution in [-0.4, -0.2) is 118 Å². The number of aliphatic carboxylic acids is 1. The highest BCUT2D eigenvalue weighted by Crippen LogP contribution is 2.14. The molecule has 366 valence electrons. The van der Waals surface area contributed by atoms with Crippen LogP contribution < -0.4 is 0 Å². The largest absolute Gasteiger partial charge is 0.481 e. The first-order valence-corrected chi connectivity index (χ1v) is 23.9. The number of carbonyl (C=O) groups is 4. The van der Waals surface area contributed by atoms with Crippen LogP contribution in [0.2, 0.25) is 0 Å². The molecule has 61 heavy (non-hydrogen) atoms. The summed E-state index contributed by atoms with van der Waals surface area (Å²) >= 11 is 0. The van der Waals surface area contributed by atoms with Gasteiger partial charge in [-0.3, -0.25) is 19.2 Å². The monoisotopic (exact) mass is 883 g/mol. The molecular weight excluding hydrogens is 789 g/mol. The Morgan fingerprint density at radius 3 is 0.820 bits per heavy atom. The molecule has 0 aromatic carbocycles. The maximum atomic E-state index is 12.6. The first-order valence-electron chi connectivity index (χ1n) is 23.9. The number of hydrogen-bond donors (Lipinski definition) is 7. The summed E-state index contributed by atoms with van der Waals surface area (Å²) in [5, 5.41) is 55.4. The maximum Gasteiger partial charge on any atom is 0.306 e. The second kappa shape index (κ2) is 55.7. The van der Waals surface area contributed by atoms with Crippen LogP contribution in [0.15, 0.2) is 0 Å².